The molecule has 1 amide bonds. The molecule has 1 heterocycles. The van der Waals surface area contributed by atoms with Gasteiger partial charge >= 0.3 is 11.6 Å². The molecule has 0 aliphatic rings. The number of nitrogens with zero attached hydrogens (tertiary/aromatic N) is 1. The van der Waals surface area contributed by atoms with Crippen LogP contribution < -0.4 is 15.7 Å². The number of halogens is 1. The van der Waals surface area contributed by atoms with E-state index in [1.807, 2.05) is 0 Å². The van der Waals surface area contributed by atoms with Crippen LogP contribution in [0.25, 0.3) is 11.0 Å². The Labute approximate surface area is 173 Å². The molecule has 0 saturated carbocycles. The molecule has 0 atom stereocenters. The molecular weight excluding hydrogens is 420 g/mol. The Balaban J connectivity index is 1.51. The Hall–Kier alpha value is -3.92. The molecule has 0 unspecified atom stereocenters. The van der Waals surface area contributed by atoms with Crippen molar-refractivity contribution in [2.24, 2.45) is 0 Å². The third kappa shape index (κ3) is 5.32. The van der Waals surface area contributed by atoms with Gasteiger partial charge in [0, 0.05) is 29.7 Å². The lowest BCUT2D eigenvalue weighted by atomic mass is 10.2. The minimum absolute atomic E-state index is 0.0146. The van der Waals surface area contributed by atoms with E-state index in [4.69, 9.17) is 25.5 Å². The first-order chi connectivity index (χ1) is 14.3. The summed E-state index contributed by atoms with van der Waals surface area (Å²) in [6, 6.07) is 11.1. The van der Waals surface area contributed by atoms with Crippen molar-refractivity contribution in [1.82, 2.24) is 0 Å². The fourth-order valence-electron chi connectivity index (χ4n) is 2.37. The van der Waals surface area contributed by atoms with Crippen LogP contribution in [0.15, 0.2) is 57.7 Å². The van der Waals surface area contributed by atoms with Gasteiger partial charge in [-0.2, -0.15) is 0 Å². The number of amides is 1. The van der Waals surface area contributed by atoms with Crippen molar-refractivity contribution >= 4 is 45.8 Å². The largest absolute Gasteiger partial charge is 0.482 e. The number of anilines is 1. The van der Waals surface area contributed by atoms with Crippen LogP contribution in [-0.4, -0.2) is 30.0 Å². The monoisotopic (exact) mass is 432 g/mol. The number of hydrogen-bond donors (Lipinski definition) is 1. The fraction of sp³-hybridized carbons (Fsp3) is 0.105. The predicted octanol–water partition coefficient (Wildman–Crippen LogP) is 2.92. The Bertz CT molecular complexity index is 1190. The number of rotatable bonds is 7. The van der Waals surface area contributed by atoms with Crippen molar-refractivity contribution < 1.29 is 28.4 Å². The highest BCUT2D eigenvalue weighted by Crippen LogP contribution is 2.26. The first kappa shape index (κ1) is 20.8. The zero-order valence-corrected chi connectivity index (χ0v) is 15.9. The molecule has 2 aromatic carbocycles. The van der Waals surface area contributed by atoms with Crippen LogP contribution in [0, 0.1) is 10.1 Å². The highest BCUT2D eigenvalue weighted by molar-refractivity contribution is 6.33. The number of esters is 1. The average molecular weight is 433 g/mol. The number of benzene rings is 2. The zero-order chi connectivity index (χ0) is 21.7. The summed E-state index contributed by atoms with van der Waals surface area (Å²) in [4.78, 5) is 45.1. The minimum Gasteiger partial charge on any atom is -0.482 e. The smallest absolute Gasteiger partial charge is 0.344 e. The summed E-state index contributed by atoms with van der Waals surface area (Å²) < 4.78 is 15.1. The number of carbonyl (C=O) groups excluding carboxylic acids is 2. The SMILES string of the molecule is O=C(COC(=O)COc1ccc2ccc(=O)oc2c1)Nc1cc([N+](=O)[O-])ccc1Cl. The van der Waals surface area contributed by atoms with E-state index in [0.717, 1.165) is 6.07 Å². The van der Waals surface area contributed by atoms with Crippen LogP contribution >= 0.6 is 11.6 Å². The van der Waals surface area contributed by atoms with Gasteiger partial charge in [-0.3, -0.25) is 14.9 Å². The lowest BCUT2D eigenvalue weighted by Gasteiger charge is -2.09. The molecule has 1 N–H and O–H groups in total. The summed E-state index contributed by atoms with van der Waals surface area (Å²) in [6.45, 7) is -1.14. The molecule has 0 saturated heterocycles. The minimum atomic E-state index is -0.829. The Morgan fingerprint density at radius 3 is 2.63 bits per heavy atom. The predicted molar refractivity (Wildman–Crippen MR) is 106 cm³/mol. The van der Waals surface area contributed by atoms with Crippen LogP contribution in [0.3, 0.4) is 0 Å². The maximum absolute atomic E-state index is 11.9. The second kappa shape index (κ2) is 9.05. The number of nitro groups is 1. The van der Waals surface area contributed by atoms with Gasteiger partial charge in [-0.25, -0.2) is 9.59 Å². The van der Waals surface area contributed by atoms with E-state index in [-0.39, 0.29) is 22.1 Å². The van der Waals surface area contributed by atoms with E-state index < -0.39 is 35.6 Å². The van der Waals surface area contributed by atoms with E-state index in [9.17, 15) is 24.5 Å². The first-order valence-corrected chi connectivity index (χ1v) is 8.76. The number of hydrogen-bond acceptors (Lipinski definition) is 8. The Kier molecular flexibility index (Phi) is 6.28. The molecule has 154 valence electrons. The first-order valence-electron chi connectivity index (χ1n) is 8.38. The Morgan fingerprint density at radius 2 is 1.87 bits per heavy atom. The molecule has 10 nitrogen and oxygen atoms in total. The van der Waals surface area contributed by atoms with Gasteiger partial charge in [0.05, 0.1) is 15.6 Å². The van der Waals surface area contributed by atoms with Gasteiger partial charge in [0.2, 0.25) is 0 Å². The topological polar surface area (TPSA) is 138 Å². The number of non-ortho nitro benzene ring substituents is 1. The maximum Gasteiger partial charge on any atom is 0.344 e. The zero-order valence-electron chi connectivity index (χ0n) is 15.1. The van der Waals surface area contributed by atoms with Gasteiger partial charge in [0.15, 0.2) is 13.2 Å². The van der Waals surface area contributed by atoms with Gasteiger partial charge in [0.25, 0.3) is 11.6 Å². The molecule has 3 aromatic rings. The van der Waals surface area contributed by atoms with Crippen molar-refractivity contribution in [3.8, 4) is 5.75 Å². The normalized spacial score (nSPS) is 10.4. The summed E-state index contributed by atoms with van der Waals surface area (Å²) in [5.41, 5.74) is -0.470. The third-order valence-corrected chi connectivity index (χ3v) is 4.08. The van der Waals surface area contributed by atoms with Crippen LogP contribution in [-0.2, 0) is 14.3 Å². The summed E-state index contributed by atoms with van der Waals surface area (Å²) in [5.74, 6) is -1.30. The molecule has 3 rings (SSSR count). The van der Waals surface area contributed by atoms with Crippen LogP contribution in [0.1, 0.15) is 0 Å². The van der Waals surface area contributed by atoms with E-state index in [2.05, 4.69) is 5.32 Å². The highest BCUT2D eigenvalue weighted by atomic mass is 35.5. The molecule has 30 heavy (non-hydrogen) atoms. The van der Waals surface area contributed by atoms with E-state index >= 15 is 0 Å². The quantitative estimate of drug-likeness (QED) is 0.260. The summed E-state index contributed by atoms with van der Waals surface area (Å²) in [6.07, 6.45) is 0. The average Bonchev–Trinajstić information content (AvgIpc) is 2.71. The van der Waals surface area contributed by atoms with Gasteiger partial charge in [-0.15, -0.1) is 0 Å². The summed E-state index contributed by atoms with van der Waals surface area (Å²) in [5, 5.41) is 13.9. The van der Waals surface area contributed by atoms with Crippen molar-refractivity contribution in [1.29, 1.82) is 0 Å². The molecule has 0 bridgehead atoms. The lowest BCUT2D eigenvalue weighted by molar-refractivity contribution is -0.384. The number of ether oxygens (including phenoxy) is 2. The van der Waals surface area contributed by atoms with E-state index in [1.165, 1.54) is 24.3 Å². The van der Waals surface area contributed by atoms with Crippen molar-refractivity contribution in [2.45, 2.75) is 0 Å². The number of nitro benzene ring substituents is 1. The number of fused-ring (bicyclic) bond motifs is 1. The van der Waals surface area contributed by atoms with Crippen molar-refractivity contribution in [2.75, 3.05) is 18.5 Å². The summed E-state index contributed by atoms with van der Waals surface area (Å²) >= 11 is 5.88. The van der Waals surface area contributed by atoms with E-state index in [0.29, 0.717) is 11.0 Å². The molecule has 0 aliphatic carbocycles. The van der Waals surface area contributed by atoms with Gasteiger partial charge < -0.3 is 19.2 Å². The number of nitrogens with one attached hydrogen (secondary N) is 1. The third-order valence-electron chi connectivity index (χ3n) is 3.75. The fourth-order valence-corrected chi connectivity index (χ4v) is 2.53. The Morgan fingerprint density at radius 1 is 1.10 bits per heavy atom. The van der Waals surface area contributed by atoms with Crippen LogP contribution in [0.4, 0.5) is 11.4 Å². The van der Waals surface area contributed by atoms with Crippen LogP contribution in [0.2, 0.25) is 5.02 Å². The van der Waals surface area contributed by atoms with E-state index in [1.54, 1.807) is 18.2 Å². The van der Waals surface area contributed by atoms with Crippen molar-refractivity contribution in [3.63, 3.8) is 0 Å². The van der Waals surface area contributed by atoms with Crippen molar-refractivity contribution in [3.05, 3.63) is 74.1 Å². The maximum atomic E-state index is 11.9. The molecule has 1 aromatic heterocycles. The van der Waals surface area contributed by atoms with Gasteiger partial charge in [0.1, 0.15) is 11.3 Å². The van der Waals surface area contributed by atoms with Crippen LogP contribution in [0.5, 0.6) is 5.75 Å². The lowest BCUT2D eigenvalue weighted by Crippen LogP contribution is -2.23. The molecule has 11 heteroatoms. The molecule has 0 aliphatic heterocycles. The molecule has 0 spiro atoms. The second-order valence-corrected chi connectivity index (χ2v) is 6.28. The number of carbonyl (C=O) groups is 2. The summed E-state index contributed by atoms with van der Waals surface area (Å²) in [7, 11) is 0. The highest BCUT2D eigenvalue weighted by Gasteiger charge is 2.14. The molecule has 0 fully saturated rings. The second-order valence-electron chi connectivity index (χ2n) is 5.87. The van der Waals surface area contributed by atoms with Gasteiger partial charge in [-0.1, -0.05) is 11.6 Å². The molecule has 0 radical (unpaired) electrons. The molecular formula is C19H13ClN2O8. The standard InChI is InChI=1S/C19H13ClN2O8/c20-14-5-3-12(22(26)27)7-15(14)21-17(23)9-29-19(25)10-28-13-4-1-11-2-6-18(24)30-16(11)8-13/h1-8H,9-10H2,(H,21,23). The van der Waals surface area contributed by atoms with Gasteiger partial charge in [-0.05, 0) is 24.3 Å².